The molecule has 2 rings (SSSR count). The molecule has 0 unspecified atom stereocenters. The van der Waals surface area contributed by atoms with Gasteiger partial charge in [-0.05, 0) is 17.3 Å². The van der Waals surface area contributed by atoms with Gasteiger partial charge in [0, 0.05) is 13.2 Å². The second-order valence-electron chi connectivity index (χ2n) is 3.34. The third-order valence-electron chi connectivity index (χ3n) is 2.04. The highest BCUT2D eigenvalue weighted by Gasteiger charge is 2.17. The molecule has 96 valence electrons. The van der Waals surface area contributed by atoms with Gasteiger partial charge in [-0.25, -0.2) is 18.1 Å². The maximum Gasteiger partial charge on any atom is 0.277 e. The van der Waals surface area contributed by atoms with Crippen molar-refractivity contribution in [3.05, 3.63) is 18.3 Å². The van der Waals surface area contributed by atoms with E-state index in [2.05, 4.69) is 30.4 Å². The van der Waals surface area contributed by atoms with Crippen LogP contribution in [0, 0.1) is 0 Å². The molecule has 0 spiro atoms. The maximum atomic E-state index is 11.9. The first-order valence-electron chi connectivity index (χ1n) is 4.92. The minimum Gasteiger partial charge on any atom is -0.373 e. The Morgan fingerprint density at radius 1 is 1.33 bits per heavy atom. The third-order valence-corrected chi connectivity index (χ3v) is 3.35. The van der Waals surface area contributed by atoms with E-state index < -0.39 is 10.0 Å². The van der Waals surface area contributed by atoms with Crippen LogP contribution in [-0.2, 0) is 17.1 Å². The van der Waals surface area contributed by atoms with Crippen LogP contribution >= 0.6 is 0 Å². The Kier molecular flexibility index (Phi) is 3.10. The van der Waals surface area contributed by atoms with Gasteiger partial charge >= 0.3 is 0 Å². The van der Waals surface area contributed by atoms with Crippen molar-refractivity contribution < 1.29 is 8.42 Å². The van der Waals surface area contributed by atoms with Gasteiger partial charge in [0.1, 0.15) is 10.7 Å². The Balaban J connectivity index is 2.24. The Bertz CT molecular complexity index is 634. The van der Waals surface area contributed by atoms with Crippen LogP contribution in [0.5, 0.6) is 0 Å². The quantitative estimate of drug-likeness (QED) is 0.765. The van der Waals surface area contributed by atoms with Crippen LogP contribution in [-0.4, -0.2) is 40.7 Å². The number of nitrogens with one attached hydrogen (secondary N) is 2. The minimum absolute atomic E-state index is 0.0222. The SMILES string of the molecule is CNc1ccc(S(=O)(=O)Nc2nnn(C)n2)cn1. The van der Waals surface area contributed by atoms with Gasteiger partial charge in [-0.2, -0.15) is 4.80 Å². The molecule has 0 saturated heterocycles. The number of anilines is 2. The van der Waals surface area contributed by atoms with Gasteiger partial charge in [0.15, 0.2) is 0 Å². The van der Waals surface area contributed by atoms with E-state index in [-0.39, 0.29) is 10.8 Å². The van der Waals surface area contributed by atoms with E-state index in [9.17, 15) is 8.42 Å². The number of nitrogens with zero attached hydrogens (tertiary/aromatic N) is 5. The van der Waals surface area contributed by atoms with Crippen LogP contribution < -0.4 is 10.0 Å². The summed E-state index contributed by atoms with van der Waals surface area (Å²) in [5.74, 6) is 0.488. The lowest BCUT2D eigenvalue weighted by Crippen LogP contribution is -2.14. The second-order valence-corrected chi connectivity index (χ2v) is 5.02. The van der Waals surface area contributed by atoms with Crippen molar-refractivity contribution in [3.63, 3.8) is 0 Å². The molecule has 2 heterocycles. The van der Waals surface area contributed by atoms with Crippen LogP contribution in [0.1, 0.15) is 0 Å². The molecule has 9 nitrogen and oxygen atoms in total. The number of hydrogen-bond donors (Lipinski definition) is 2. The van der Waals surface area contributed by atoms with E-state index in [0.717, 1.165) is 4.80 Å². The zero-order valence-corrected chi connectivity index (χ0v) is 10.5. The van der Waals surface area contributed by atoms with E-state index >= 15 is 0 Å². The fourth-order valence-electron chi connectivity index (χ4n) is 1.19. The van der Waals surface area contributed by atoms with Gasteiger partial charge in [-0.1, -0.05) is 5.10 Å². The molecule has 2 aromatic rings. The largest absolute Gasteiger partial charge is 0.373 e. The van der Waals surface area contributed by atoms with E-state index in [1.165, 1.54) is 19.3 Å². The average Bonchev–Trinajstić information content (AvgIpc) is 2.74. The number of sulfonamides is 1. The zero-order chi connectivity index (χ0) is 13.2. The standard InChI is InChI=1S/C8H11N7O2S/c1-9-7-4-3-6(5-10-7)18(16,17)13-8-11-14-15(2)12-8/h3-5H,1-2H3,(H,9,10)(H,12,13). The molecule has 2 aromatic heterocycles. The van der Waals surface area contributed by atoms with Gasteiger partial charge in [-0.15, -0.1) is 5.10 Å². The fraction of sp³-hybridized carbons (Fsp3) is 0.250. The second kappa shape index (κ2) is 4.56. The lowest BCUT2D eigenvalue weighted by molar-refractivity contribution is 0.600. The number of rotatable bonds is 4. The van der Waals surface area contributed by atoms with Crippen molar-refractivity contribution in [2.24, 2.45) is 7.05 Å². The zero-order valence-electron chi connectivity index (χ0n) is 9.69. The average molecular weight is 269 g/mol. The predicted octanol–water partition coefficient (Wildman–Crippen LogP) is -0.552. The first-order valence-corrected chi connectivity index (χ1v) is 6.40. The summed E-state index contributed by atoms with van der Waals surface area (Å²) in [6.07, 6.45) is 1.24. The molecule has 0 aliphatic rings. The lowest BCUT2D eigenvalue weighted by Gasteiger charge is -2.04. The number of hydrogen-bond acceptors (Lipinski definition) is 7. The Labute approximate surface area is 103 Å². The van der Waals surface area contributed by atoms with Crippen LogP contribution in [0.3, 0.4) is 0 Å². The van der Waals surface area contributed by atoms with E-state index in [1.54, 1.807) is 13.1 Å². The summed E-state index contributed by atoms with van der Waals surface area (Å²) in [5.41, 5.74) is 0. The normalized spacial score (nSPS) is 11.2. The smallest absolute Gasteiger partial charge is 0.277 e. The number of tetrazole rings is 1. The molecule has 10 heteroatoms. The summed E-state index contributed by atoms with van der Waals surface area (Å²) < 4.78 is 26.0. The summed E-state index contributed by atoms with van der Waals surface area (Å²) >= 11 is 0. The summed E-state index contributed by atoms with van der Waals surface area (Å²) in [6, 6.07) is 2.98. The van der Waals surface area contributed by atoms with Gasteiger partial charge in [-0.3, -0.25) is 0 Å². The molecule has 0 saturated carbocycles. The molecular weight excluding hydrogens is 258 g/mol. The number of aromatic nitrogens is 5. The summed E-state index contributed by atoms with van der Waals surface area (Å²) in [7, 11) is -0.515. The van der Waals surface area contributed by atoms with Crippen molar-refractivity contribution in [1.82, 2.24) is 25.2 Å². The topological polar surface area (TPSA) is 115 Å². The van der Waals surface area contributed by atoms with Crippen molar-refractivity contribution in [1.29, 1.82) is 0 Å². The molecule has 0 radical (unpaired) electrons. The van der Waals surface area contributed by atoms with Crippen molar-refractivity contribution in [2.75, 3.05) is 17.1 Å². The predicted molar refractivity (Wildman–Crippen MR) is 63.4 cm³/mol. The van der Waals surface area contributed by atoms with Gasteiger partial charge in [0.25, 0.3) is 16.0 Å². The summed E-state index contributed by atoms with van der Waals surface area (Å²) in [4.78, 5) is 5.09. The van der Waals surface area contributed by atoms with Crippen LogP contribution in [0.15, 0.2) is 23.2 Å². The fourth-order valence-corrected chi connectivity index (χ4v) is 2.07. The third kappa shape index (κ3) is 2.53. The van der Waals surface area contributed by atoms with E-state index in [0.29, 0.717) is 5.82 Å². The number of pyridine rings is 1. The van der Waals surface area contributed by atoms with Crippen molar-refractivity contribution in [3.8, 4) is 0 Å². The van der Waals surface area contributed by atoms with Gasteiger partial charge in [0.05, 0.1) is 7.05 Å². The highest BCUT2D eigenvalue weighted by Crippen LogP contribution is 2.13. The molecule has 2 N–H and O–H groups in total. The summed E-state index contributed by atoms with van der Waals surface area (Å²) in [6.45, 7) is 0. The molecule has 0 aliphatic heterocycles. The Morgan fingerprint density at radius 3 is 2.61 bits per heavy atom. The molecule has 0 fully saturated rings. The minimum atomic E-state index is -3.74. The van der Waals surface area contributed by atoms with Crippen molar-refractivity contribution >= 4 is 21.8 Å². The van der Waals surface area contributed by atoms with Crippen LogP contribution in [0.25, 0.3) is 0 Å². The highest BCUT2D eigenvalue weighted by atomic mass is 32.2. The lowest BCUT2D eigenvalue weighted by atomic mass is 10.5. The first-order chi connectivity index (χ1) is 8.51. The number of aryl methyl sites for hydroxylation is 1. The Morgan fingerprint density at radius 2 is 2.11 bits per heavy atom. The van der Waals surface area contributed by atoms with Gasteiger partial charge in [0.2, 0.25) is 0 Å². The molecule has 0 aromatic carbocycles. The first kappa shape index (κ1) is 12.2. The van der Waals surface area contributed by atoms with E-state index in [1.807, 2.05) is 0 Å². The molecule has 0 atom stereocenters. The van der Waals surface area contributed by atoms with Crippen LogP contribution in [0.2, 0.25) is 0 Å². The maximum absolute atomic E-state index is 11.9. The van der Waals surface area contributed by atoms with Crippen LogP contribution in [0.4, 0.5) is 11.8 Å². The molecule has 0 bridgehead atoms. The summed E-state index contributed by atoms with van der Waals surface area (Å²) in [5, 5.41) is 13.6. The molecule has 0 amide bonds. The highest BCUT2D eigenvalue weighted by molar-refractivity contribution is 7.92. The Hall–Kier alpha value is -2.23. The monoisotopic (exact) mass is 269 g/mol. The van der Waals surface area contributed by atoms with Crippen molar-refractivity contribution in [2.45, 2.75) is 4.90 Å². The van der Waals surface area contributed by atoms with Gasteiger partial charge < -0.3 is 5.32 Å². The van der Waals surface area contributed by atoms with E-state index in [4.69, 9.17) is 0 Å². The molecular formula is C8H11N7O2S. The molecule has 0 aliphatic carbocycles. The molecule has 18 heavy (non-hydrogen) atoms.